The smallest absolute Gasteiger partial charge is 0.330 e. The molecular formula is C48H56O28. The summed E-state index contributed by atoms with van der Waals surface area (Å²) < 4.78 is 57.3. The average Bonchev–Trinajstić information content (AvgIpc) is 3.42. The monoisotopic (exact) mass is 1080 g/mol. The summed E-state index contributed by atoms with van der Waals surface area (Å²) in [6.45, 7) is -1.07. The first-order valence-electron chi connectivity index (χ1n) is 23.4. The first-order valence-corrected chi connectivity index (χ1v) is 23.4. The van der Waals surface area contributed by atoms with E-state index in [4.69, 9.17) is 47.0 Å². The summed E-state index contributed by atoms with van der Waals surface area (Å²) in [5.74, 6) is -5.28. The number of aliphatic hydroxyl groups is 12. The molecule has 3 aromatic carbocycles. The third-order valence-electron chi connectivity index (χ3n) is 13.0. The zero-order chi connectivity index (χ0) is 55.0. The summed E-state index contributed by atoms with van der Waals surface area (Å²) in [6, 6.07) is 10.6. The van der Waals surface area contributed by atoms with E-state index in [2.05, 4.69) is 0 Å². The number of phenolic OH excluding ortho intramolecular Hbond substituents is 4. The summed E-state index contributed by atoms with van der Waals surface area (Å²) in [4.78, 5) is 27.4. The largest absolute Gasteiger partial charge is 0.508 e. The maximum atomic E-state index is 14.8. The first kappa shape index (κ1) is 56.4. The van der Waals surface area contributed by atoms with E-state index in [0.717, 1.165) is 36.4 Å². The van der Waals surface area contributed by atoms with E-state index in [1.165, 1.54) is 37.3 Å². The van der Waals surface area contributed by atoms with E-state index < -0.39 is 200 Å². The third-order valence-corrected chi connectivity index (χ3v) is 13.0. The van der Waals surface area contributed by atoms with Crippen LogP contribution in [-0.4, -0.2) is 230 Å². The lowest BCUT2D eigenvalue weighted by molar-refractivity contribution is -0.362. The molecule has 0 amide bonds. The quantitative estimate of drug-likeness (QED) is 0.0303. The van der Waals surface area contributed by atoms with E-state index >= 15 is 0 Å². The van der Waals surface area contributed by atoms with Crippen molar-refractivity contribution < 1.29 is 134 Å². The predicted molar refractivity (Wildman–Crippen MR) is 247 cm³/mol. The molecule has 4 aliphatic heterocycles. The summed E-state index contributed by atoms with van der Waals surface area (Å²) in [6.07, 6.45) is -34.9. The van der Waals surface area contributed by atoms with Crippen molar-refractivity contribution in [2.45, 2.75) is 130 Å². The molecule has 0 unspecified atom stereocenters. The maximum Gasteiger partial charge on any atom is 0.330 e. The molecule has 4 saturated heterocycles. The second-order valence-corrected chi connectivity index (χ2v) is 18.3. The van der Waals surface area contributed by atoms with Gasteiger partial charge in [-0.05, 0) is 48.9 Å². The van der Waals surface area contributed by atoms with Crippen molar-refractivity contribution in [2.75, 3.05) is 19.8 Å². The van der Waals surface area contributed by atoms with Gasteiger partial charge in [0.15, 0.2) is 35.9 Å². The average molecular weight is 1080 g/mol. The van der Waals surface area contributed by atoms with Gasteiger partial charge >= 0.3 is 5.97 Å². The highest BCUT2D eigenvalue weighted by Gasteiger charge is 2.53. The molecule has 5 heterocycles. The van der Waals surface area contributed by atoms with Crippen LogP contribution < -0.4 is 14.9 Å². The normalized spacial score (nSPS) is 36.0. The van der Waals surface area contributed by atoms with Crippen LogP contribution in [0.15, 0.2) is 69.9 Å². The van der Waals surface area contributed by atoms with Crippen LogP contribution in [0.1, 0.15) is 12.5 Å². The van der Waals surface area contributed by atoms with E-state index in [0.29, 0.717) is 5.56 Å². The zero-order valence-electron chi connectivity index (χ0n) is 39.6. The van der Waals surface area contributed by atoms with Gasteiger partial charge < -0.3 is 129 Å². The lowest BCUT2D eigenvalue weighted by Gasteiger charge is -2.46. The van der Waals surface area contributed by atoms with Crippen molar-refractivity contribution in [2.24, 2.45) is 0 Å². The van der Waals surface area contributed by atoms with Crippen LogP contribution in [0, 0.1) is 0 Å². The Kier molecular flexibility index (Phi) is 17.4. The minimum Gasteiger partial charge on any atom is -0.508 e. The van der Waals surface area contributed by atoms with Crippen molar-refractivity contribution in [1.29, 1.82) is 0 Å². The van der Waals surface area contributed by atoms with Crippen LogP contribution >= 0.6 is 0 Å². The van der Waals surface area contributed by atoms with Gasteiger partial charge in [-0.15, -0.1) is 0 Å². The first-order chi connectivity index (χ1) is 36.1. The Morgan fingerprint density at radius 3 is 1.88 bits per heavy atom. The molecule has 16 N–H and O–H groups in total. The number of carbonyl (C=O) groups excluding carboxylic acids is 1. The minimum absolute atomic E-state index is 0.0284. The molecule has 76 heavy (non-hydrogen) atoms. The van der Waals surface area contributed by atoms with Gasteiger partial charge in [0.2, 0.25) is 23.8 Å². The summed E-state index contributed by atoms with van der Waals surface area (Å²) >= 11 is 0. The Morgan fingerprint density at radius 2 is 1.20 bits per heavy atom. The number of hydrogen-bond acceptors (Lipinski definition) is 28. The molecular weight excluding hydrogens is 1020 g/mol. The number of hydrogen-bond donors (Lipinski definition) is 16. The van der Waals surface area contributed by atoms with Crippen molar-refractivity contribution in [1.82, 2.24) is 0 Å². The van der Waals surface area contributed by atoms with Crippen LogP contribution in [0.3, 0.4) is 0 Å². The fraction of sp³-hybridized carbons (Fsp3) is 0.500. The summed E-state index contributed by atoms with van der Waals surface area (Å²) in [5, 5.41) is 169. The summed E-state index contributed by atoms with van der Waals surface area (Å²) in [5.41, 5.74) is -1.52. The molecule has 4 aromatic rings. The van der Waals surface area contributed by atoms with Crippen LogP contribution in [0.4, 0.5) is 0 Å². The molecule has 0 saturated carbocycles. The van der Waals surface area contributed by atoms with Gasteiger partial charge in [-0.1, -0.05) is 12.1 Å². The van der Waals surface area contributed by atoms with Gasteiger partial charge in [0, 0.05) is 23.8 Å². The topological polar surface area (TPSA) is 454 Å². The maximum absolute atomic E-state index is 14.8. The second kappa shape index (κ2) is 23.4. The van der Waals surface area contributed by atoms with Crippen LogP contribution in [0.25, 0.3) is 28.4 Å². The molecule has 20 atom stereocenters. The van der Waals surface area contributed by atoms with Crippen molar-refractivity contribution >= 4 is 23.0 Å². The van der Waals surface area contributed by atoms with Gasteiger partial charge in [0.1, 0.15) is 120 Å². The fourth-order valence-electron chi connectivity index (χ4n) is 8.61. The number of aliphatic hydroxyl groups excluding tert-OH is 12. The lowest BCUT2D eigenvalue weighted by Crippen LogP contribution is -2.65. The molecule has 8 rings (SSSR count). The number of carbonyl (C=O) groups is 1. The minimum atomic E-state index is -2.25. The molecule has 0 aliphatic carbocycles. The van der Waals surface area contributed by atoms with Crippen LogP contribution in [0.5, 0.6) is 34.5 Å². The molecule has 28 heteroatoms. The summed E-state index contributed by atoms with van der Waals surface area (Å²) in [7, 11) is 0. The third kappa shape index (κ3) is 11.7. The van der Waals surface area contributed by atoms with Crippen LogP contribution in [-0.2, 0) is 38.0 Å². The highest BCUT2D eigenvalue weighted by atomic mass is 16.8. The van der Waals surface area contributed by atoms with Crippen molar-refractivity contribution in [3.8, 4) is 45.8 Å². The van der Waals surface area contributed by atoms with E-state index in [1.807, 2.05) is 0 Å². The Hall–Kier alpha value is -5.84. The number of phenols is 4. The Labute approximate surface area is 427 Å². The van der Waals surface area contributed by atoms with Gasteiger partial charge in [-0.25, -0.2) is 4.79 Å². The molecule has 0 spiro atoms. The number of aromatic hydroxyl groups is 4. The number of ether oxygens (including phenoxy) is 9. The Balaban J connectivity index is 1.14. The van der Waals surface area contributed by atoms with Gasteiger partial charge in [-0.3, -0.25) is 4.79 Å². The Bertz CT molecular complexity index is 2730. The predicted octanol–water partition coefficient (Wildman–Crippen LogP) is -4.42. The van der Waals surface area contributed by atoms with E-state index in [1.54, 1.807) is 0 Å². The van der Waals surface area contributed by atoms with Crippen molar-refractivity contribution in [3.05, 3.63) is 76.5 Å². The highest BCUT2D eigenvalue weighted by molar-refractivity contribution is 5.89. The highest BCUT2D eigenvalue weighted by Crippen LogP contribution is 2.41. The number of fused-ring (bicyclic) bond motifs is 1. The van der Waals surface area contributed by atoms with Gasteiger partial charge in [0.25, 0.3) is 0 Å². The molecule has 28 nitrogen and oxygen atoms in total. The number of benzene rings is 3. The molecule has 0 bridgehead atoms. The van der Waals surface area contributed by atoms with Gasteiger partial charge in [-0.2, -0.15) is 0 Å². The van der Waals surface area contributed by atoms with Crippen LogP contribution in [0.2, 0.25) is 0 Å². The van der Waals surface area contributed by atoms with Crippen molar-refractivity contribution in [3.63, 3.8) is 0 Å². The van der Waals surface area contributed by atoms with Gasteiger partial charge in [0.05, 0.1) is 19.3 Å². The second-order valence-electron chi connectivity index (χ2n) is 18.3. The number of esters is 1. The lowest BCUT2D eigenvalue weighted by atomic mass is 9.97. The fourth-order valence-corrected chi connectivity index (χ4v) is 8.61. The molecule has 1 aromatic heterocycles. The Morgan fingerprint density at radius 1 is 0.592 bits per heavy atom. The molecule has 0 radical (unpaired) electrons. The standard InChI is InChI=1S/C48H56O28/c1-16-30(55)35(60)39(64)45(69-16)68-15-27-33(58)38(63)44(76-47-41(66)37(62)32(57)26(73-47)14-67-28(54)9-4-17-2-6-19(50)7-3-17)48(74-27)75-43-34(59)29-23(53)11-20(70-46-40(65)36(61)31(56)25(13-49)72-46)12-24(29)71-42(43)18-5-8-21(51)22(52)10-18/h2-12,16,25-27,30-33,35-41,44-53,55-58,60-66H,13-15H2,1H3/b9-4+/t16-,25+,26+,27+,30-,31+,32+,33+,35+,36-,37-,38-,39+,40+,41+,44+,45+,46+,47-,48-/m0/s1. The number of rotatable bonds is 15. The molecule has 4 aliphatic rings. The van der Waals surface area contributed by atoms with E-state index in [-0.39, 0.29) is 11.3 Å². The van der Waals surface area contributed by atoms with E-state index in [9.17, 15) is 91.3 Å². The molecule has 416 valence electrons. The molecule has 4 fully saturated rings. The SMILES string of the molecule is C[C@@H]1O[C@@H](OC[C@H]2O[C@@H](Oc3c(-c4ccc(O)c(O)c4)oc4cc(O[C@@H]5O[C@H](CO)[C@@H](O)[C@H](O)[C@H]5O)cc(O)c4c3=O)[C@H](O[C@@H]3O[C@H](COC(=O)/C=C/c4ccc(O)cc4)[C@@H](O)[C@H](O)[C@H]3O)[C@@H](O)[C@@H]2O)[C@H](O)[C@H](O)[C@H]1O. The zero-order valence-corrected chi connectivity index (χ0v) is 39.6.